The van der Waals surface area contributed by atoms with Gasteiger partial charge in [0.15, 0.2) is 5.78 Å². The predicted molar refractivity (Wildman–Crippen MR) is 104 cm³/mol. The highest BCUT2D eigenvalue weighted by atomic mass is 16.1. The van der Waals surface area contributed by atoms with Gasteiger partial charge in [-0.25, -0.2) is 9.97 Å². The van der Waals surface area contributed by atoms with Gasteiger partial charge in [-0.3, -0.25) is 9.59 Å². The molecule has 0 aliphatic carbocycles. The maximum absolute atomic E-state index is 12.1. The Morgan fingerprint density at radius 3 is 2.30 bits per heavy atom. The number of Topliss-reactive ketones (excluding diaryl/α,β-unsaturated/α-hetero) is 1. The number of carbonyl (C=O) groups excluding carboxylic acids is 2. The van der Waals surface area contributed by atoms with Gasteiger partial charge in [0, 0.05) is 17.8 Å². The van der Waals surface area contributed by atoms with Gasteiger partial charge in [0.05, 0.1) is 12.4 Å². The lowest BCUT2D eigenvalue weighted by atomic mass is 10.1. The third-order valence-electron chi connectivity index (χ3n) is 3.99. The number of carbonyl (C=O) groups is 2. The van der Waals surface area contributed by atoms with Crippen LogP contribution in [0.1, 0.15) is 33.3 Å². The number of hydrogen-bond acceptors (Lipinski definition) is 5. The molecule has 2 N–H and O–H groups in total. The summed E-state index contributed by atoms with van der Waals surface area (Å²) in [6.45, 7) is 2.06. The number of amides is 1. The van der Waals surface area contributed by atoms with Crippen molar-refractivity contribution < 1.29 is 9.59 Å². The van der Waals surface area contributed by atoms with Gasteiger partial charge in [-0.1, -0.05) is 30.3 Å². The van der Waals surface area contributed by atoms with Crippen molar-refractivity contribution in [3.8, 4) is 0 Å². The summed E-state index contributed by atoms with van der Waals surface area (Å²) < 4.78 is 0. The summed E-state index contributed by atoms with van der Waals surface area (Å²) in [6, 6.07) is 17.0. The van der Waals surface area contributed by atoms with Crippen molar-refractivity contribution in [2.24, 2.45) is 0 Å². The number of ketones is 1. The van der Waals surface area contributed by atoms with Crippen molar-refractivity contribution in [2.45, 2.75) is 13.3 Å². The monoisotopic (exact) mass is 360 g/mol. The second-order valence-electron chi connectivity index (χ2n) is 6.04. The molecular formula is C21H20N4O2. The lowest BCUT2D eigenvalue weighted by molar-refractivity contribution is 0.0948. The Morgan fingerprint density at radius 2 is 1.67 bits per heavy atom. The molecule has 3 aromatic rings. The number of hydrogen-bond donors (Lipinski definition) is 2. The van der Waals surface area contributed by atoms with Crippen LogP contribution in [0.4, 0.5) is 11.5 Å². The molecule has 136 valence electrons. The predicted octanol–water partition coefficient (Wildman–Crippen LogP) is 3.40. The van der Waals surface area contributed by atoms with Crippen molar-refractivity contribution in [1.29, 1.82) is 0 Å². The van der Waals surface area contributed by atoms with E-state index in [1.165, 1.54) is 24.9 Å². The molecule has 1 heterocycles. The molecule has 0 spiro atoms. The number of aromatic nitrogens is 2. The first-order valence-electron chi connectivity index (χ1n) is 8.64. The summed E-state index contributed by atoms with van der Waals surface area (Å²) in [5.74, 6) is 0.283. The minimum atomic E-state index is -0.254. The Balaban J connectivity index is 1.53. The van der Waals surface area contributed by atoms with Crippen LogP contribution in [-0.2, 0) is 6.42 Å². The molecule has 0 saturated carbocycles. The molecule has 0 radical (unpaired) electrons. The molecule has 0 atom stereocenters. The summed E-state index contributed by atoms with van der Waals surface area (Å²) in [5, 5.41) is 5.92. The van der Waals surface area contributed by atoms with Crippen molar-refractivity contribution >= 4 is 23.2 Å². The van der Waals surface area contributed by atoms with Crippen LogP contribution >= 0.6 is 0 Å². The van der Waals surface area contributed by atoms with Gasteiger partial charge in [0.25, 0.3) is 5.91 Å². The van der Waals surface area contributed by atoms with Gasteiger partial charge in [-0.05, 0) is 43.2 Å². The van der Waals surface area contributed by atoms with Crippen LogP contribution in [0, 0.1) is 0 Å². The van der Waals surface area contributed by atoms with Crippen LogP contribution in [0.15, 0.2) is 67.0 Å². The van der Waals surface area contributed by atoms with Crippen molar-refractivity contribution in [1.82, 2.24) is 15.3 Å². The fourth-order valence-corrected chi connectivity index (χ4v) is 2.50. The van der Waals surface area contributed by atoms with Crippen LogP contribution in [-0.4, -0.2) is 28.2 Å². The quantitative estimate of drug-likeness (QED) is 0.631. The normalized spacial score (nSPS) is 10.3. The van der Waals surface area contributed by atoms with Crippen LogP contribution in [0.2, 0.25) is 0 Å². The molecule has 0 unspecified atom stereocenters. The maximum atomic E-state index is 12.1. The average Bonchev–Trinajstić information content (AvgIpc) is 2.70. The molecule has 0 fully saturated rings. The summed E-state index contributed by atoms with van der Waals surface area (Å²) in [4.78, 5) is 31.8. The lowest BCUT2D eigenvalue weighted by Crippen LogP contribution is -2.26. The second-order valence-corrected chi connectivity index (χ2v) is 6.04. The van der Waals surface area contributed by atoms with Crippen LogP contribution in [0.3, 0.4) is 0 Å². The van der Waals surface area contributed by atoms with Crippen LogP contribution in [0.25, 0.3) is 0 Å². The van der Waals surface area contributed by atoms with E-state index in [1.54, 1.807) is 24.3 Å². The van der Waals surface area contributed by atoms with E-state index in [1.807, 2.05) is 30.3 Å². The summed E-state index contributed by atoms with van der Waals surface area (Å²) in [7, 11) is 0. The third-order valence-corrected chi connectivity index (χ3v) is 3.99. The fraction of sp³-hybridized carbons (Fsp3) is 0.143. The second kappa shape index (κ2) is 8.71. The summed E-state index contributed by atoms with van der Waals surface area (Å²) in [5.41, 5.74) is 2.86. The molecule has 0 aliphatic heterocycles. The van der Waals surface area contributed by atoms with E-state index >= 15 is 0 Å². The zero-order valence-corrected chi connectivity index (χ0v) is 15.0. The minimum absolute atomic E-state index is 0.0176. The smallest absolute Gasteiger partial charge is 0.271 e. The molecule has 6 nitrogen and oxygen atoms in total. The molecular weight excluding hydrogens is 340 g/mol. The van der Waals surface area contributed by atoms with Crippen molar-refractivity contribution in [2.75, 3.05) is 11.9 Å². The minimum Gasteiger partial charge on any atom is -0.350 e. The van der Waals surface area contributed by atoms with E-state index in [-0.39, 0.29) is 17.4 Å². The third kappa shape index (κ3) is 5.22. The molecule has 3 rings (SSSR count). The molecule has 6 heteroatoms. The molecule has 1 aromatic heterocycles. The number of nitrogens with one attached hydrogen (secondary N) is 2. The fourth-order valence-electron chi connectivity index (χ4n) is 2.50. The molecule has 0 saturated heterocycles. The van der Waals surface area contributed by atoms with Gasteiger partial charge in [0.2, 0.25) is 0 Å². The number of benzene rings is 2. The first-order chi connectivity index (χ1) is 13.1. The van der Waals surface area contributed by atoms with E-state index < -0.39 is 0 Å². The van der Waals surface area contributed by atoms with Gasteiger partial charge in [-0.2, -0.15) is 0 Å². The highest BCUT2D eigenvalue weighted by Gasteiger charge is 2.08. The van der Waals surface area contributed by atoms with Gasteiger partial charge >= 0.3 is 0 Å². The Morgan fingerprint density at radius 1 is 0.926 bits per heavy atom. The highest BCUT2D eigenvalue weighted by molar-refractivity contribution is 5.94. The van der Waals surface area contributed by atoms with E-state index in [9.17, 15) is 9.59 Å². The first kappa shape index (κ1) is 18.3. The highest BCUT2D eigenvalue weighted by Crippen LogP contribution is 2.15. The topological polar surface area (TPSA) is 84.0 Å². The Bertz CT molecular complexity index is 907. The zero-order valence-electron chi connectivity index (χ0n) is 15.0. The van der Waals surface area contributed by atoms with Gasteiger partial charge < -0.3 is 10.6 Å². The standard InChI is InChI=1S/C21H20N4O2/c1-15(26)17-7-9-18(10-8-17)25-20-14-23-19(13-24-20)21(27)22-12-11-16-5-3-2-4-6-16/h2-10,13-14H,11-12H2,1H3,(H,22,27)(H,24,25). The van der Waals surface area contributed by atoms with E-state index in [4.69, 9.17) is 0 Å². The maximum Gasteiger partial charge on any atom is 0.271 e. The van der Waals surface area contributed by atoms with Gasteiger partial charge in [0.1, 0.15) is 11.5 Å². The molecule has 0 bridgehead atoms. The Kier molecular flexibility index (Phi) is 5.89. The van der Waals surface area contributed by atoms with Crippen molar-refractivity contribution in [3.63, 3.8) is 0 Å². The lowest BCUT2D eigenvalue weighted by Gasteiger charge is -2.07. The van der Waals surface area contributed by atoms with Crippen LogP contribution < -0.4 is 10.6 Å². The summed E-state index contributed by atoms with van der Waals surface area (Å²) >= 11 is 0. The first-order valence-corrected chi connectivity index (χ1v) is 8.64. The SMILES string of the molecule is CC(=O)c1ccc(Nc2cnc(C(=O)NCCc3ccccc3)cn2)cc1. The summed E-state index contributed by atoms with van der Waals surface area (Å²) in [6.07, 6.45) is 3.70. The molecule has 2 aromatic carbocycles. The average molecular weight is 360 g/mol. The number of nitrogens with zero attached hydrogens (tertiary/aromatic N) is 2. The molecule has 1 amide bonds. The molecule has 27 heavy (non-hydrogen) atoms. The van der Waals surface area contributed by atoms with Gasteiger partial charge in [-0.15, -0.1) is 0 Å². The van der Waals surface area contributed by atoms with Crippen molar-refractivity contribution in [3.05, 3.63) is 83.8 Å². The zero-order chi connectivity index (χ0) is 19.1. The number of rotatable bonds is 7. The van der Waals surface area contributed by atoms with E-state index in [2.05, 4.69) is 20.6 Å². The molecule has 0 aliphatic rings. The van der Waals surface area contributed by atoms with E-state index in [0.717, 1.165) is 12.1 Å². The Hall–Kier alpha value is -3.54. The van der Waals surface area contributed by atoms with E-state index in [0.29, 0.717) is 17.9 Å². The largest absolute Gasteiger partial charge is 0.350 e. The Labute approximate surface area is 157 Å². The van der Waals surface area contributed by atoms with Crippen LogP contribution in [0.5, 0.6) is 0 Å². The number of anilines is 2.